The lowest BCUT2D eigenvalue weighted by Crippen LogP contribution is -2.02. The van der Waals surface area contributed by atoms with Gasteiger partial charge in [-0.3, -0.25) is 4.98 Å². The predicted octanol–water partition coefficient (Wildman–Crippen LogP) is 2.64. The highest BCUT2D eigenvalue weighted by Crippen LogP contribution is 2.13. The van der Waals surface area contributed by atoms with Crippen molar-refractivity contribution in [2.75, 3.05) is 5.32 Å². The third kappa shape index (κ3) is 2.27. The Morgan fingerprint density at radius 3 is 2.61 bits per heavy atom. The van der Waals surface area contributed by atoms with Crippen molar-refractivity contribution in [1.29, 1.82) is 0 Å². The minimum atomic E-state index is 0.642. The SMILES string of the molecule is c1cnc(NCc2ccc3ncccc3c2)nc1. The number of nitrogens with one attached hydrogen (secondary N) is 1. The Morgan fingerprint density at radius 2 is 1.72 bits per heavy atom. The molecule has 4 nitrogen and oxygen atoms in total. The van der Waals surface area contributed by atoms with Crippen molar-refractivity contribution in [2.45, 2.75) is 6.54 Å². The van der Waals surface area contributed by atoms with Crippen molar-refractivity contribution in [3.05, 3.63) is 60.6 Å². The topological polar surface area (TPSA) is 50.7 Å². The minimum absolute atomic E-state index is 0.642. The summed E-state index contributed by atoms with van der Waals surface area (Å²) < 4.78 is 0. The summed E-state index contributed by atoms with van der Waals surface area (Å²) in [6.45, 7) is 0.703. The Morgan fingerprint density at radius 1 is 0.889 bits per heavy atom. The minimum Gasteiger partial charge on any atom is -0.350 e. The molecule has 18 heavy (non-hydrogen) atoms. The van der Waals surface area contributed by atoms with Gasteiger partial charge in [-0.2, -0.15) is 0 Å². The Hall–Kier alpha value is -2.49. The van der Waals surface area contributed by atoms with Gasteiger partial charge in [-0.15, -0.1) is 0 Å². The maximum atomic E-state index is 4.30. The molecule has 88 valence electrons. The number of benzene rings is 1. The lowest BCUT2D eigenvalue weighted by molar-refractivity contribution is 1.06. The van der Waals surface area contributed by atoms with Gasteiger partial charge in [0.2, 0.25) is 5.95 Å². The zero-order chi connectivity index (χ0) is 12.2. The van der Waals surface area contributed by atoms with Gasteiger partial charge in [-0.1, -0.05) is 12.1 Å². The predicted molar refractivity (Wildman–Crippen MR) is 71.1 cm³/mol. The second-order valence-corrected chi connectivity index (χ2v) is 3.96. The molecule has 0 bridgehead atoms. The van der Waals surface area contributed by atoms with E-state index in [1.165, 1.54) is 5.56 Å². The van der Waals surface area contributed by atoms with Gasteiger partial charge in [-0.25, -0.2) is 9.97 Å². The largest absolute Gasteiger partial charge is 0.350 e. The highest BCUT2D eigenvalue weighted by molar-refractivity contribution is 5.78. The first-order valence-corrected chi connectivity index (χ1v) is 5.76. The van der Waals surface area contributed by atoms with Crippen LogP contribution in [0.15, 0.2) is 55.0 Å². The summed E-state index contributed by atoms with van der Waals surface area (Å²) in [5.41, 5.74) is 2.19. The van der Waals surface area contributed by atoms with Crippen molar-refractivity contribution in [3.63, 3.8) is 0 Å². The second-order valence-electron chi connectivity index (χ2n) is 3.96. The van der Waals surface area contributed by atoms with Crippen LogP contribution in [0.5, 0.6) is 0 Å². The van der Waals surface area contributed by atoms with Gasteiger partial charge in [0.15, 0.2) is 0 Å². The summed E-state index contributed by atoms with van der Waals surface area (Å²) in [6, 6.07) is 12.0. The maximum absolute atomic E-state index is 4.30. The van der Waals surface area contributed by atoms with Crippen molar-refractivity contribution in [1.82, 2.24) is 15.0 Å². The van der Waals surface area contributed by atoms with Crippen LogP contribution >= 0.6 is 0 Å². The molecule has 0 unspecified atom stereocenters. The second kappa shape index (κ2) is 4.79. The van der Waals surface area contributed by atoms with Crippen LogP contribution < -0.4 is 5.32 Å². The van der Waals surface area contributed by atoms with Crippen molar-refractivity contribution in [2.24, 2.45) is 0 Å². The molecule has 3 aromatic rings. The van der Waals surface area contributed by atoms with Crippen LogP contribution in [0, 0.1) is 0 Å². The smallest absolute Gasteiger partial charge is 0.222 e. The Bertz CT molecular complexity index is 652. The summed E-state index contributed by atoms with van der Waals surface area (Å²) in [5, 5.41) is 4.33. The van der Waals surface area contributed by atoms with Crippen molar-refractivity contribution >= 4 is 16.9 Å². The van der Waals surface area contributed by atoms with Gasteiger partial charge >= 0.3 is 0 Å². The van der Waals surface area contributed by atoms with E-state index in [1.807, 2.05) is 12.1 Å². The van der Waals surface area contributed by atoms with Crippen LogP contribution in [-0.2, 0) is 6.54 Å². The normalized spacial score (nSPS) is 10.4. The van der Waals surface area contributed by atoms with E-state index in [4.69, 9.17) is 0 Å². The molecule has 2 aromatic heterocycles. The Labute approximate surface area is 105 Å². The zero-order valence-electron chi connectivity index (χ0n) is 9.74. The molecule has 0 aliphatic carbocycles. The first-order valence-electron chi connectivity index (χ1n) is 5.76. The first-order chi connectivity index (χ1) is 8.92. The van der Waals surface area contributed by atoms with E-state index in [-0.39, 0.29) is 0 Å². The molecule has 2 heterocycles. The summed E-state index contributed by atoms with van der Waals surface area (Å²) >= 11 is 0. The summed E-state index contributed by atoms with van der Waals surface area (Å²) in [6.07, 6.45) is 5.25. The quantitative estimate of drug-likeness (QED) is 0.759. The van der Waals surface area contributed by atoms with E-state index in [0.717, 1.165) is 10.9 Å². The molecule has 0 saturated heterocycles. The van der Waals surface area contributed by atoms with Gasteiger partial charge in [0.25, 0.3) is 0 Å². The van der Waals surface area contributed by atoms with E-state index < -0.39 is 0 Å². The van der Waals surface area contributed by atoms with Crippen LogP contribution in [0.1, 0.15) is 5.56 Å². The number of pyridine rings is 1. The molecule has 0 spiro atoms. The molecule has 0 atom stereocenters. The standard InChI is InChI=1S/C14H12N4/c1-3-12-9-11(4-5-13(12)15-6-1)10-18-14-16-7-2-8-17-14/h1-9H,10H2,(H,16,17,18). The third-order valence-electron chi connectivity index (χ3n) is 2.68. The lowest BCUT2D eigenvalue weighted by Gasteiger charge is -2.05. The number of hydrogen-bond donors (Lipinski definition) is 1. The van der Waals surface area contributed by atoms with Gasteiger partial charge < -0.3 is 5.32 Å². The highest BCUT2D eigenvalue weighted by atomic mass is 15.1. The summed E-state index contributed by atoms with van der Waals surface area (Å²) in [5.74, 6) is 0.642. The van der Waals surface area contributed by atoms with E-state index in [1.54, 1.807) is 24.7 Å². The van der Waals surface area contributed by atoms with Crippen molar-refractivity contribution < 1.29 is 0 Å². The van der Waals surface area contributed by atoms with Crippen LogP contribution in [0.25, 0.3) is 10.9 Å². The molecular weight excluding hydrogens is 224 g/mol. The molecule has 0 aliphatic heterocycles. The highest BCUT2D eigenvalue weighted by Gasteiger charge is 1.98. The van der Waals surface area contributed by atoms with Gasteiger partial charge in [-0.05, 0) is 29.8 Å². The maximum Gasteiger partial charge on any atom is 0.222 e. The average molecular weight is 236 g/mol. The Balaban J connectivity index is 1.79. The fourth-order valence-electron chi connectivity index (χ4n) is 1.81. The average Bonchev–Trinajstić information content (AvgIpc) is 2.46. The molecule has 0 amide bonds. The monoisotopic (exact) mass is 236 g/mol. The molecular formula is C14H12N4. The van der Waals surface area contributed by atoms with Crippen LogP contribution in [0.3, 0.4) is 0 Å². The molecule has 0 fully saturated rings. The molecule has 1 N–H and O–H groups in total. The molecule has 4 heteroatoms. The van der Waals surface area contributed by atoms with E-state index in [9.17, 15) is 0 Å². The van der Waals surface area contributed by atoms with Crippen LogP contribution in [-0.4, -0.2) is 15.0 Å². The number of aromatic nitrogens is 3. The molecule has 0 aliphatic rings. The van der Waals surface area contributed by atoms with Crippen LogP contribution in [0.4, 0.5) is 5.95 Å². The van der Waals surface area contributed by atoms with Gasteiger partial charge in [0.1, 0.15) is 0 Å². The van der Waals surface area contributed by atoms with Gasteiger partial charge in [0.05, 0.1) is 5.52 Å². The number of nitrogens with zero attached hydrogens (tertiary/aromatic N) is 3. The fraction of sp³-hybridized carbons (Fsp3) is 0.0714. The summed E-state index contributed by atoms with van der Waals surface area (Å²) in [4.78, 5) is 12.5. The molecule has 3 rings (SSSR count). The van der Waals surface area contributed by atoms with Crippen LogP contribution in [0.2, 0.25) is 0 Å². The molecule has 0 radical (unpaired) electrons. The fourth-order valence-corrected chi connectivity index (χ4v) is 1.81. The summed E-state index contributed by atoms with van der Waals surface area (Å²) in [7, 11) is 0. The number of rotatable bonds is 3. The van der Waals surface area contributed by atoms with E-state index in [2.05, 4.69) is 38.5 Å². The van der Waals surface area contributed by atoms with E-state index in [0.29, 0.717) is 12.5 Å². The van der Waals surface area contributed by atoms with Gasteiger partial charge in [0, 0.05) is 30.5 Å². The molecule has 0 saturated carbocycles. The zero-order valence-corrected chi connectivity index (χ0v) is 9.74. The lowest BCUT2D eigenvalue weighted by atomic mass is 10.1. The molecule has 1 aromatic carbocycles. The van der Waals surface area contributed by atoms with Crippen molar-refractivity contribution in [3.8, 4) is 0 Å². The van der Waals surface area contributed by atoms with E-state index >= 15 is 0 Å². The first kappa shape index (κ1) is 10.7. The number of hydrogen-bond acceptors (Lipinski definition) is 4. The number of anilines is 1. The third-order valence-corrected chi connectivity index (χ3v) is 2.68. The number of fused-ring (bicyclic) bond motifs is 1. The Kier molecular flexibility index (Phi) is 2.84.